The Morgan fingerprint density at radius 3 is 2.38 bits per heavy atom. The zero-order valence-electron chi connectivity index (χ0n) is 17.4. The minimum absolute atomic E-state index is 0. The second kappa shape index (κ2) is 10.8. The maximum Gasteiger partial charge on any atom is 0.191 e. The van der Waals surface area contributed by atoms with E-state index >= 15 is 0 Å². The Morgan fingerprint density at radius 2 is 1.83 bits per heavy atom. The molecular formula is C20H33IN4O3S. The van der Waals surface area contributed by atoms with Crippen molar-refractivity contribution in [2.75, 3.05) is 33.5 Å². The first-order chi connectivity index (χ1) is 13.4. The Morgan fingerprint density at radius 1 is 1.21 bits per heavy atom. The minimum atomic E-state index is -3.18. The smallest absolute Gasteiger partial charge is 0.191 e. The highest BCUT2D eigenvalue weighted by Gasteiger charge is 2.36. The van der Waals surface area contributed by atoms with Gasteiger partial charge in [0.05, 0.1) is 11.4 Å². The van der Waals surface area contributed by atoms with E-state index in [0.29, 0.717) is 41.9 Å². The highest BCUT2D eigenvalue weighted by molar-refractivity contribution is 14.0. The summed E-state index contributed by atoms with van der Waals surface area (Å²) < 4.78 is 28.7. The number of nitrogens with one attached hydrogen (secondary N) is 2. The molecule has 29 heavy (non-hydrogen) atoms. The summed E-state index contributed by atoms with van der Waals surface area (Å²) in [5.41, 5.74) is 0. The summed E-state index contributed by atoms with van der Waals surface area (Å²) in [7, 11) is 0.871. The van der Waals surface area contributed by atoms with Gasteiger partial charge in [-0.1, -0.05) is 6.42 Å². The van der Waals surface area contributed by atoms with Crippen molar-refractivity contribution in [2.45, 2.75) is 55.1 Å². The molecule has 2 saturated heterocycles. The zero-order valence-corrected chi connectivity index (χ0v) is 20.6. The molecule has 2 aliphatic heterocycles. The Bertz CT molecular complexity index is 771. The van der Waals surface area contributed by atoms with E-state index in [1.807, 2.05) is 0 Å². The molecule has 7 nitrogen and oxygen atoms in total. The number of piperidine rings is 2. The number of sulfone groups is 1. The molecule has 2 N–H and O–H groups in total. The quantitative estimate of drug-likeness (QED) is 0.251. The zero-order chi connectivity index (χ0) is 20.1. The minimum Gasteiger partial charge on any atom is -0.492 e. The molecule has 0 radical (unpaired) electrons. The number of guanidine groups is 1. The van der Waals surface area contributed by atoms with Gasteiger partial charge in [-0.05, 0) is 57.0 Å². The number of benzene rings is 1. The Hall–Kier alpha value is -1.07. The molecule has 2 bridgehead atoms. The number of aliphatic imine (C=N–C) groups is 1. The van der Waals surface area contributed by atoms with Gasteiger partial charge in [0.25, 0.3) is 0 Å². The van der Waals surface area contributed by atoms with Gasteiger partial charge in [-0.2, -0.15) is 0 Å². The lowest BCUT2D eigenvalue weighted by Crippen LogP contribution is -2.56. The third kappa shape index (κ3) is 6.71. The highest BCUT2D eigenvalue weighted by Crippen LogP contribution is 2.32. The molecule has 2 unspecified atom stereocenters. The van der Waals surface area contributed by atoms with Gasteiger partial charge in [0, 0.05) is 31.4 Å². The molecule has 2 aliphatic rings. The van der Waals surface area contributed by atoms with Crippen molar-refractivity contribution >= 4 is 39.8 Å². The molecule has 0 amide bonds. The van der Waals surface area contributed by atoms with Crippen molar-refractivity contribution < 1.29 is 13.2 Å². The van der Waals surface area contributed by atoms with Crippen molar-refractivity contribution in [1.29, 1.82) is 0 Å². The van der Waals surface area contributed by atoms with Crippen LogP contribution in [0.5, 0.6) is 5.75 Å². The Labute approximate surface area is 191 Å². The van der Waals surface area contributed by atoms with Crippen LogP contribution in [0.4, 0.5) is 0 Å². The lowest BCUT2D eigenvalue weighted by atomic mass is 9.82. The summed E-state index contributed by atoms with van der Waals surface area (Å²) in [6, 6.07) is 8.32. The fourth-order valence-corrected chi connectivity index (χ4v) is 4.87. The summed E-state index contributed by atoms with van der Waals surface area (Å²) in [5.74, 6) is 1.46. The molecule has 3 rings (SSSR count). The third-order valence-corrected chi connectivity index (χ3v) is 6.95. The van der Waals surface area contributed by atoms with Crippen LogP contribution in [0.1, 0.15) is 32.1 Å². The third-order valence-electron chi connectivity index (χ3n) is 5.82. The van der Waals surface area contributed by atoms with Crippen molar-refractivity contribution in [1.82, 2.24) is 15.5 Å². The monoisotopic (exact) mass is 536 g/mol. The summed E-state index contributed by atoms with van der Waals surface area (Å²) in [6.45, 7) is 1.09. The van der Waals surface area contributed by atoms with Crippen LogP contribution in [0.2, 0.25) is 0 Å². The number of rotatable bonds is 6. The molecule has 0 aromatic heterocycles. The predicted molar refractivity (Wildman–Crippen MR) is 127 cm³/mol. The molecule has 1 aromatic carbocycles. The summed E-state index contributed by atoms with van der Waals surface area (Å²) >= 11 is 0. The Kier molecular flexibility index (Phi) is 9.02. The van der Waals surface area contributed by atoms with Crippen LogP contribution in [0, 0.1) is 0 Å². The summed E-state index contributed by atoms with van der Waals surface area (Å²) in [6.07, 6.45) is 7.46. The van der Waals surface area contributed by atoms with E-state index in [9.17, 15) is 8.42 Å². The van der Waals surface area contributed by atoms with Gasteiger partial charge in [0.15, 0.2) is 15.8 Å². The average molecular weight is 536 g/mol. The number of nitrogens with zero attached hydrogens (tertiary/aromatic N) is 2. The van der Waals surface area contributed by atoms with Gasteiger partial charge in [-0.15, -0.1) is 24.0 Å². The lowest BCUT2D eigenvalue weighted by molar-refractivity contribution is 0.0526. The standard InChI is InChI=1S/C20H32N4O3S.HI/c1-21-20(23-15-13-16-5-4-6-17(14-15)24(16)2)22-11-12-27-18-7-9-19(10-8-18)28(3,25)26;/h7-10,15-17H,4-6,11-14H2,1-3H3,(H2,21,22,23);1H. The molecule has 0 aliphatic carbocycles. The second-order valence-corrected chi connectivity index (χ2v) is 9.82. The Balaban J connectivity index is 0.00000300. The fourth-order valence-electron chi connectivity index (χ4n) is 4.24. The first-order valence-electron chi connectivity index (χ1n) is 9.99. The second-order valence-electron chi connectivity index (χ2n) is 7.81. The van der Waals surface area contributed by atoms with Crippen molar-refractivity contribution in [2.24, 2.45) is 4.99 Å². The van der Waals surface area contributed by atoms with Crippen LogP contribution in [0.25, 0.3) is 0 Å². The first kappa shape index (κ1) is 24.2. The molecule has 2 fully saturated rings. The molecule has 2 atom stereocenters. The van der Waals surface area contributed by atoms with Crippen molar-refractivity contribution in [3.8, 4) is 5.75 Å². The van der Waals surface area contributed by atoms with Crippen LogP contribution < -0.4 is 15.4 Å². The maximum atomic E-state index is 11.5. The number of hydrogen-bond donors (Lipinski definition) is 2. The van der Waals surface area contributed by atoms with Gasteiger partial charge in [-0.25, -0.2) is 8.42 Å². The van der Waals surface area contributed by atoms with Crippen molar-refractivity contribution in [3.63, 3.8) is 0 Å². The molecule has 0 spiro atoms. The van der Waals surface area contributed by atoms with E-state index in [4.69, 9.17) is 4.74 Å². The topological polar surface area (TPSA) is 83.0 Å². The lowest BCUT2D eigenvalue weighted by Gasteiger charge is -2.47. The molecular weight excluding hydrogens is 503 g/mol. The number of halogens is 1. The first-order valence-corrected chi connectivity index (χ1v) is 11.9. The van der Waals surface area contributed by atoms with Crippen LogP contribution >= 0.6 is 24.0 Å². The van der Waals surface area contributed by atoms with Crippen LogP contribution in [-0.2, 0) is 9.84 Å². The SMILES string of the molecule is CN=C(NCCOc1ccc(S(C)(=O)=O)cc1)NC1CC2CCCC(C1)N2C.I. The van der Waals surface area contributed by atoms with E-state index in [2.05, 4.69) is 27.6 Å². The van der Waals surface area contributed by atoms with E-state index in [-0.39, 0.29) is 24.0 Å². The number of ether oxygens (including phenoxy) is 1. The molecule has 0 saturated carbocycles. The van der Waals surface area contributed by atoms with E-state index in [0.717, 1.165) is 18.8 Å². The number of fused-ring (bicyclic) bond motifs is 2. The van der Waals surface area contributed by atoms with Gasteiger partial charge < -0.3 is 20.3 Å². The van der Waals surface area contributed by atoms with E-state index < -0.39 is 9.84 Å². The summed E-state index contributed by atoms with van der Waals surface area (Å²) in [5, 5.41) is 6.87. The predicted octanol–water partition coefficient (Wildman–Crippen LogP) is 2.27. The van der Waals surface area contributed by atoms with Gasteiger partial charge >= 0.3 is 0 Å². The average Bonchev–Trinajstić information content (AvgIpc) is 2.64. The van der Waals surface area contributed by atoms with Crippen LogP contribution in [0.3, 0.4) is 0 Å². The summed E-state index contributed by atoms with van der Waals surface area (Å²) in [4.78, 5) is 7.19. The van der Waals surface area contributed by atoms with Gasteiger partial charge in [0.1, 0.15) is 12.4 Å². The van der Waals surface area contributed by atoms with Gasteiger partial charge in [0.2, 0.25) is 0 Å². The van der Waals surface area contributed by atoms with E-state index in [1.54, 1.807) is 31.3 Å². The largest absolute Gasteiger partial charge is 0.492 e. The molecule has 164 valence electrons. The molecule has 1 aromatic rings. The normalized spacial score (nSPS) is 25.1. The fraction of sp³-hybridized carbons (Fsp3) is 0.650. The van der Waals surface area contributed by atoms with Crippen LogP contribution in [-0.4, -0.2) is 70.9 Å². The number of hydrogen-bond acceptors (Lipinski definition) is 5. The molecule has 2 heterocycles. The highest BCUT2D eigenvalue weighted by atomic mass is 127. The molecule has 9 heteroatoms. The van der Waals surface area contributed by atoms with Crippen LogP contribution in [0.15, 0.2) is 34.2 Å². The van der Waals surface area contributed by atoms with E-state index in [1.165, 1.54) is 25.5 Å². The van der Waals surface area contributed by atoms with Gasteiger partial charge in [-0.3, -0.25) is 4.99 Å². The van der Waals surface area contributed by atoms with Crippen molar-refractivity contribution in [3.05, 3.63) is 24.3 Å². The maximum absolute atomic E-state index is 11.5.